The van der Waals surface area contributed by atoms with E-state index in [0.29, 0.717) is 4.90 Å². The lowest BCUT2D eigenvalue weighted by atomic mass is 10.1. The fourth-order valence-corrected chi connectivity index (χ4v) is 2.29. The van der Waals surface area contributed by atoms with E-state index in [-0.39, 0.29) is 13.2 Å². The molecule has 0 unspecified atom stereocenters. The number of alkyl halides is 3. The van der Waals surface area contributed by atoms with Gasteiger partial charge in [0.15, 0.2) is 0 Å². The number of fused-ring (bicyclic) bond motifs is 1. The summed E-state index contributed by atoms with van der Waals surface area (Å²) in [4.78, 5) is 22.6. The van der Waals surface area contributed by atoms with Crippen LogP contribution in [0.1, 0.15) is 6.42 Å². The quantitative estimate of drug-likeness (QED) is 0.773. The Hall–Kier alpha value is -1.35. The number of carboxylic acids is 1. The summed E-state index contributed by atoms with van der Waals surface area (Å²) in [6.07, 6.45) is -7.10. The van der Waals surface area contributed by atoms with Crippen LogP contribution in [0.15, 0.2) is 0 Å². The number of carbonyl (C=O) groups excluding carboxylic acids is 1. The standard InChI is InChI=1S/C10H12F3NO5/c11-10(12,13)9(17)14-2-5(1-8(15)16)19-7-4-18-3-6(7)14/h5-7H,1-4H2,(H,15,16)/t5-,6-,7-/m1/s1. The van der Waals surface area contributed by atoms with E-state index in [1.165, 1.54) is 0 Å². The minimum Gasteiger partial charge on any atom is -0.481 e. The van der Waals surface area contributed by atoms with E-state index < -0.39 is 49.3 Å². The molecule has 0 aromatic rings. The molecular formula is C10H12F3NO5. The van der Waals surface area contributed by atoms with Crippen molar-refractivity contribution in [3.05, 3.63) is 0 Å². The number of carbonyl (C=O) groups is 2. The molecule has 2 rings (SSSR count). The maximum absolute atomic E-state index is 12.5. The first-order chi connectivity index (χ1) is 8.79. The number of rotatable bonds is 2. The van der Waals surface area contributed by atoms with Crippen LogP contribution < -0.4 is 0 Å². The molecule has 108 valence electrons. The van der Waals surface area contributed by atoms with E-state index in [9.17, 15) is 22.8 Å². The highest BCUT2D eigenvalue weighted by Gasteiger charge is 2.51. The molecule has 0 spiro atoms. The van der Waals surface area contributed by atoms with E-state index in [2.05, 4.69) is 0 Å². The number of ether oxygens (including phenoxy) is 2. The highest BCUT2D eigenvalue weighted by atomic mass is 19.4. The maximum atomic E-state index is 12.5. The molecule has 2 aliphatic heterocycles. The number of amides is 1. The van der Waals surface area contributed by atoms with Crippen molar-refractivity contribution in [2.45, 2.75) is 30.8 Å². The fraction of sp³-hybridized carbons (Fsp3) is 0.800. The first-order valence-electron chi connectivity index (χ1n) is 5.62. The first kappa shape index (κ1) is 14.1. The fourth-order valence-electron chi connectivity index (χ4n) is 2.29. The predicted octanol–water partition coefficient (Wildman–Crippen LogP) is 0.0182. The van der Waals surface area contributed by atoms with Gasteiger partial charge in [0.25, 0.3) is 0 Å². The second-order valence-corrected chi connectivity index (χ2v) is 4.45. The van der Waals surface area contributed by atoms with Crippen molar-refractivity contribution in [2.75, 3.05) is 19.8 Å². The molecule has 2 aliphatic rings. The Bertz CT molecular complexity index is 386. The lowest BCUT2D eigenvalue weighted by molar-refractivity contribution is -0.199. The molecule has 0 aliphatic carbocycles. The zero-order valence-corrected chi connectivity index (χ0v) is 9.72. The molecule has 0 radical (unpaired) electrons. The van der Waals surface area contributed by atoms with Crippen molar-refractivity contribution in [3.63, 3.8) is 0 Å². The third-order valence-electron chi connectivity index (χ3n) is 3.07. The van der Waals surface area contributed by atoms with Crippen LogP contribution in [0.25, 0.3) is 0 Å². The number of hydrogen-bond acceptors (Lipinski definition) is 4. The Balaban J connectivity index is 2.14. The summed E-state index contributed by atoms with van der Waals surface area (Å²) < 4.78 is 47.8. The van der Waals surface area contributed by atoms with Gasteiger partial charge in [0, 0.05) is 6.54 Å². The van der Waals surface area contributed by atoms with Crippen LogP contribution in [0.5, 0.6) is 0 Å². The van der Waals surface area contributed by atoms with Gasteiger partial charge in [-0.2, -0.15) is 13.2 Å². The predicted molar refractivity (Wildman–Crippen MR) is 53.3 cm³/mol. The molecule has 2 heterocycles. The number of hydrogen-bond donors (Lipinski definition) is 1. The van der Waals surface area contributed by atoms with E-state index in [1.54, 1.807) is 0 Å². The maximum Gasteiger partial charge on any atom is 0.471 e. The van der Waals surface area contributed by atoms with Crippen molar-refractivity contribution >= 4 is 11.9 Å². The lowest BCUT2D eigenvalue weighted by Crippen LogP contribution is -2.59. The van der Waals surface area contributed by atoms with Gasteiger partial charge in [-0.1, -0.05) is 0 Å². The van der Waals surface area contributed by atoms with Crippen molar-refractivity contribution in [1.29, 1.82) is 0 Å². The number of morpholine rings is 1. The topological polar surface area (TPSA) is 76.1 Å². The molecule has 6 nitrogen and oxygen atoms in total. The summed E-state index contributed by atoms with van der Waals surface area (Å²) in [6.45, 7) is -0.371. The van der Waals surface area contributed by atoms with Gasteiger partial charge < -0.3 is 19.5 Å². The van der Waals surface area contributed by atoms with Gasteiger partial charge in [-0.3, -0.25) is 9.59 Å². The summed E-state index contributed by atoms with van der Waals surface area (Å²) in [5.74, 6) is -3.17. The highest BCUT2D eigenvalue weighted by Crippen LogP contribution is 2.29. The van der Waals surface area contributed by atoms with Crippen molar-refractivity contribution in [2.24, 2.45) is 0 Å². The second-order valence-electron chi connectivity index (χ2n) is 4.45. The molecule has 1 N–H and O–H groups in total. The van der Waals surface area contributed by atoms with Crippen molar-refractivity contribution in [1.82, 2.24) is 4.90 Å². The largest absolute Gasteiger partial charge is 0.481 e. The summed E-state index contributed by atoms with van der Waals surface area (Å²) in [7, 11) is 0. The molecular weight excluding hydrogens is 271 g/mol. The van der Waals surface area contributed by atoms with Crippen LogP contribution in [0, 0.1) is 0 Å². The van der Waals surface area contributed by atoms with E-state index >= 15 is 0 Å². The molecule has 2 fully saturated rings. The van der Waals surface area contributed by atoms with E-state index in [1.807, 2.05) is 0 Å². The van der Waals surface area contributed by atoms with Crippen LogP contribution in [0.2, 0.25) is 0 Å². The number of nitrogens with zero attached hydrogens (tertiary/aromatic N) is 1. The average Bonchev–Trinajstić information content (AvgIpc) is 2.72. The van der Waals surface area contributed by atoms with Crippen LogP contribution in [0.4, 0.5) is 13.2 Å². The highest BCUT2D eigenvalue weighted by molar-refractivity contribution is 5.82. The van der Waals surface area contributed by atoms with E-state index in [0.717, 1.165) is 0 Å². The number of halogens is 3. The second kappa shape index (κ2) is 4.97. The molecule has 2 saturated heterocycles. The smallest absolute Gasteiger partial charge is 0.471 e. The molecule has 0 saturated carbocycles. The van der Waals surface area contributed by atoms with Crippen LogP contribution >= 0.6 is 0 Å². The molecule has 3 atom stereocenters. The van der Waals surface area contributed by atoms with Crippen molar-refractivity contribution < 1.29 is 37.3 Å². The summed E-state index contributed by atoms with van der Waals surface area (Å²) in [5.41, 5.74) is 0. The van der Waals surface area contributed by atoms with Gasteiger partial charge in [0.2, 0.25) is 0 Å². The normalized spacial score (nSPS) is 31.1. The third-order valence-corrected chi connectivity index (χ3v) is 3.07. The van der Waals surface area contributed by atoms with Gasteiger partial charge in [0.1, 0.15) is 6.10 Å². The monoisotopic (exact) mass is 283 g/mol. The van der Waals surface area contributed by atoms with Gasteiger partial charge in [-0.05, 0) is 0 Å². The summed E-state index contributed by atoms with van der Waals surface area (Å²) in [6, 6.07) is -0.806. The molecule has 9 heteroatoms. The molecule has 19 heavy (non-hydrogen) atoms. The minimum absolute atomic E-state index is 0.0354. The molecule has 1 amide bonds. The molecule has 0 aromatic carbocycles. The van der Waals surface area contributed by atoms with Crippen LogP contribution in [0.3, 0.4) is 0 Å². The Morgan fingerprint density at radius 2 is 2.00 bits per heavy atom. The summed E-state index contributed by atoms with van der Waals surface area (Å²) in [5, 5.41) is 8.65. The number of carboxylic acid groups (broad SMARTS) is 1. The Morgan fingerprint density at radius 1 is 1.32 bits per heavy atom. The lowest BCUT2D eigenvalue weighted by Gasteiger charge is -2.40. The van der Waals surface area contributed by atoms with Crippen LogP contribution in [-0.2, 0) is 19.1 Å². The van der Waals surface area contributed by atoms with Gasteiger partial charge in [0.05, 0.1) is 31.8 Å². The van der Waals surface area contributed by atoms with Crippen LogP contribution in [-0.4, -0.2) is 66.1 Å². The van der Waals surface area contributed by atoms with Crippen molar-refractivity contribution in [3.8, 4) is 0 Å². The zero-order chi connectivity index (χ0) is 14.2. The Kier molecular flexibility index (Phi) is 3.68. The Morgan fingerprint density at radius 3 is 2.58 bits per heavy atom. The SMILES string of the molecule is O=C(O)C[C@@H]1CN(C(=O)C(F)(F)F)[C@@H]2COC[C@H]2O1. The molecule has 0 aromatic heterocycles. The third kappa shape index (κ3) is 2.98. The van der Waals surface area contributed by atoms with E-state index in [4.69, 9.17) is 14.6 Å². The Labute approximate surface area is 106 Å². The minimum atomic E-state index is -4.99. The van der Waals surface area contributed by atoms with Gasteiger partial charge >= 0.3 is 18.1 Å². The zero-order valence-electron chi connectivity index (χ0n) is 9.72. The molecule has 0 bridgehead atoms. The van der Waals surface area contributed by atoms with Gasteiger partial charge in [-0.25, -0.2) is 0 Å². The first-order valence-corrected chi connectivity index (χ1v) is 5.62. The number of aliphatic carboxylic acids is 1. The van der Waals surface area contributed by atoms with Gasteiger partial charge in [-0.15, -0.1) is 0 Å². The summed E-state index contributed by atoms with van der Waals surface area (Å²) >= 11 is 0. The average molecular weight is 283 g/mol.